The van der Waals surface area contributed by atoms with E-state index in [4.69, 9.17) is 23.2 Å². The van der Waals surface area contributed by atoms with Gasteiger partial charge in [0.2, 0.25) is 0 Å². The first-order chi connectivity index (χ1) is 9.36. The van der Waals surface area contributed by atoms with Crippen molar-refractivity contribution in [3.63, 3.8) is 0 Å². The van der Waals surface area contributed by atoms with Crippen molar-refractivity contribution in [3.05, 3.63) is 33.8 Å². The van der Waals surface area contributed by atoms with E-state index in [2.05, 4.69) is 51.1 Å². The lowest BCUT2D eigenvalue weighted by atomic mass is 9.83. The fourth-order valence-corrected chi connectivity index (χ4v) is 2.76. The van der Waals surface area contributed by atoms with Crippen molar-refractivity contribution >= 4 is 23.2 Å². The molecule has 1 rings (SSSR count). The second-order valence-electron chi connectivity index (χ2n) is 5.67. The summed E-state index contributed by atoms with van der Waals surface area (Å²) in [6.45, 7) is 7.66. The average Bonchev–Trinajstić information content (AvgIpc) is 2.42. The predicted molar refractivity (Wildman–Crippen MR) is 89.9 cm³/mol. The van der Waals surface area contributed by atoms with E-state index in [0.717, 1.165) is 19.4 Å². The summed E-state index contributed by atoms with van der Waals surface area (Å²) >= 11 is 12.2. The van der Waals surface area contributed by atoms with Gasteiger partial charge in [-0.2, -0.15) is 0 Å². The van der Waals surface area contributed by atoms with Gasteiger partial charge < -0.3 is 10.2 Å². The first kappa shape index (κ1) is 17.8. The van der Waals surface area contributed by atoms with E-state index in [1.54, 1.807) is 0 Å². The van der Waals surface area contributed by atoms with Gasteiger partial charge in [-0.3, -0.25) is 0 Å². The van der Waals surface area contributed by atoms with E-state index in [1.165, 1.54) is 5.56 Å². The lowest BCUT2D eigenvalue weighted by Crippen LogP contribution is -2.51. The van der Waals surface area contributed by atoms with Crippen LogP contribution in [0.5, 0.6) is 0 Å². The summed E-state index contributed by atoms with van der Waals surface area (Å²) in [5.41, 5.74) is 1.21. The van der Waals surface area contributed by atoms with E-state index in [9.17, 15) is 0 Å². The lowest BCUT2D eigenvalue weighted by molar-refractivity contribution is 0.113. The molecular weight excluding hydrogens is 291 g/mol. The zero-order chi connectivity index (χ0) is 15.3. The topological polar surface area (TPSA) is 15.3 Å². The molecule has 0 saturated carbocycles. The minimum Gasteiger partial charge on any atom is -0.308 e. The molecule has 0 aliphatic heterocycles. The first-order valence-electron chi connectivity index (χ1n) is 7.22. The maximum atomic E-state index is 6.19. The van der Waals surface area contributed by atoms with E-state index < -0.39 is 0 Å². The second kappa shape index (κ2) is 7.65. The summed E-state index contributed by atoms with van der Waals surface area (Å²) in [7, 11) is 4.25. The Morgan fingerprint density at radius 2 is 1.85 bits per heavy atom. The molecule has 2 unspecified atom stereocenters. The number of hydrogen-bond donors (Lipinski definition) is 1. The van der Waals surface area contributed by atoms with Crippen LogP contribution in [0.4, 0.5) is 0 Å². The third kappa shape index (κ3) is 3.88. The molecule has 2 atom stereocenters. The Labute approximate surface area is 133 Å². The molecule has 0 saturated heterocycles. The average molecular weight is 317 g/mol. The smallest absolute Gasteiger partial charge is 0.0595 e. The molecular formula is C16H26Cl2N2. The van der Waals surface area contributed by atoms with Gasteiger partial charge in [0.05, 0.1) is 16.1 Å². The van der Waals surface area contributed by atoms with Crippen LogP contribution >= 0.6 is 23.2 Å². The Morgan fingerprint density at radius 1 is 1.20 bits per heavy atom. The summed E-state index contributed by atoms with van der Waals surface area (Å²) < 4.78 is 0. The van der Waals surface area contributed by atoms with Gasteiger partial charge in [-0.15, -0.1) is 0 Å². The molecule has 1 aromatic rings. The van der Waals surface area contributed by atoms with E-state index in [1.807, 2.05) is 12.1 Å². The third-order valence-electron chi connectivity index (χ3n) is 4.23. The first-order valence-corrected chi connectivity index (χ1v) is 7.98. The number of nitrogens with one attached hydrogen (secondary N) is 1. The Hall–Kier alpha value is -0.280. The molecule has 1 N–H and O–H groups in total. The maximum Gasteiger partial charge on any atom is 0.0595 e. The van der Waals surface area contributed by atoms with Crippen molar-refractivity contribution < 1.29 is 0 Å². The molecule has 0 fully saturated rings. The van der Waals surface area contributed by atoms with Crippen molar-refractivity contribution in [2.45, 2.75) is 45.2 Å². The number of hydrogen-bond acceptors (Lipinski definition) is 2. The fraction of sp³-hybridized carbons (Fsp3) is 0.625. The van der Waals surface area contributed by atoms with Crippen molar-refractivity contribution in [3.8, 4) is 0 Å². The van der Waals surface area contributed by atoms with Crippen LogP contribution in [-0.4, -0.2) is 31.1 Å². The molecule has 2 nitrogen and oxygen atoms in total. The van der Waals surface area contributed by atoms with Crippen LogP contribution in [0.3, 0.4) is 0 Å². The van der Waals surface area contributed by atoms with Gasteiger partial charge in [-0.1, -0.05) is 43.1 Å². The van der Waals surface area contributed by atoms with Crippen molar-refractivity contribution in [1.82, 2.24) is 10.2 Å². The highest BCUT2D eigenvalue weighted by Crippen LogP contribution is 2.35. The Morgan fingerprint density at radius 3 is 2.30 bits per heavy atom. The summed E-state index contributed by atoms with van der Waals surface area (Å²) in [4.78, 5) is 2.28. The molecule has 0 spiro atoms. The van der Waals surface area contributed by atoms with Gasteiger partial charge in [-0.25, -0.2) is 0 Å². The van der Waals surface area contributed by atoms with Crippen LogP contribution < -0.4 is 5.32 Å². The Kier molecular flexibility index (Phi) is 6.80. The summed E-state index contributed by atoms with van der Waals surface area (Å²) in [6.07, 6.45) is 2.15. The number of nitrogens with zero attached hydrogens (tertiary/aromatic N) is 1. The van der Waals surface area contributed by atoms with Crippen LogP contribution in [-0.2, 0) is 0 Å². The van der Waals surface area contributed by atoms with E-state index >= 15 is 0 Å². The molecule has 0 aliphatic rings. The standard InChI is InChI=1S/C16H26Cl2N2/c1-6-10-19-15(16(3,7-2)20(4)5)12-8-9-13(17)14(18)11-12/h8-9,11,15,19H,6-7,10H2,1-5H3. The Balaban J connectivity index is 3.19. The van der Waals surface area contributed by atoms with Crippen LogP contribution in [0.1, 0.15) is 45.2 Å². The number of benzene rings is 1. The Bertz CT molecular complexity index is 434. The van der Waals surface area contributed by atoms with Gasteiger partial charge in [0.1, 0.15) is 0 Å². The van der Waals surface area contributed by atoms with Crippen LogP contribution in [0.15, 0.2) is 18.2 Å². The summed E-state index contributed by atoms with van der Waals surface area (Å²) in [5, 5.41) is 4.88. The fourth-order valence-electron chi connectivity index (χ4n) is 2.46. The minimum absolute atomic E-state index is 0.0202. The zero-order valence-electron chi connectivity index (χ0n) is 13.1. The molecule has 4 heteroatoms. The van der Waals surface area contributed by atoms with Gasteiger partial charge in [0.25, 0.3) is 0 Å². The number of rotatable bonds is 7. The van der Waals surface area contributed by atoms with Crippen molar-refractivity contribution in [1.29, 1.82) is 0 Å². The van der Waals surface area contributed by atoms with Gasteiger partial charge >= 0.3 is 0 Å². The SMILES string of the molecule is CCCNC(c1ccc(Cl)c(Cl)c1)C(C)(CC)N(C)C. The normalized spacial score (nSPS) is 16.2. The molecule has 0 amide bonds. The molecule has 114 valence electrons. The molecule has 0 bridgehead atoms. The molecule has 0 aromatic heterocycles. The largest absolute Gasteiger partial charge is 0.308 e. The van der Waals surface area contributed by atoms with Crippen molar-refractivity contribution in [2.75, 3.05) is 20.6 Å². The van der Waals surface area contributed by atoms with Gasteiger partial charge in [-0.05, 0) is 58.1 Å². The van der Waals surface area contributed by atoms with E-state index in [-0.39, 0.29) is 11.6 Å². The monoisotopic (exact) mass is 316 g/mol. The maximum absolute atomic E-state index is 6.19. The minimum atomic E-state index is 0.0202. The van der Waals surface area contributed by atoms with Crippen LogP contribution in [0.25, 0.3) is 0 Å². The zero-order valence-corrected chi connectivity index (χ0v) is 14.6. The summed E-state index contributed by atoms with van der Waals surface area (Å²) in [6, 6.07) is 6.15. The van der Waals surface area contributed by atoms with E-state index in [0.29, 0.717) is 10.0 Å². The highest BCUT2D eigenvalue weighted by atomic mass is 35.5. The number of likely N-dealkylation sites (N-methyl/N-ethyl adjacent to an activating group) is 1. The lowest BCUT2D eigenvalue weighted by Gasteiger charge is -2.43. The molecule has 20 heavy (non-hydrogen) atoms. The highest BCUT2D eigenvalue weighted by Gasteiger charge is 2.35. The molecule has 0 radical (unpaired) electrons. The van der Waals surface area contributed by atoms with Gasteiger partial charge in [0, 0.05) is 5.54 Å². The third-order valence-corrected chi connectivity index (χ3v) is 4.97. The summed E-state index contributed by atoms with van der Waals surface area (Å²) in [5.74, 6) is 0. The van der Waals surface area contributed by atoms with Crippen LogP contribution in [0, 0.1) is 0 Å². The van der Waals surface area contributed by atoms with Crippen LogP contribution in [0.2, 0.25) is 10.0 Å². The number of halogens is 2. The molecule has 1 aromatic carbocycles. The highest BCUT2D eigenvalue weighted by molar-refractivity contribution is 6.42. The predicted octanol–water partition coefficient (Wildman–Crippen LogP) is 4.76. The quantitative estimate of drug-likeness (QED) is 0.779. The van der Waals surface area contributed by atoms with Crippen molar-refractivity contribution in [2.24, 2.45) is 0 Å². The molecule has 0 heterocycles. The second-order valence-corrected chi connectivity index (χ2v) is 6.48. The molecule has 0 aliphatic carbocycles. The van der Waals surface area contributed by atoms with Gasteiger partial charge in [0.15, 0.2) is 0 Å².